The lowest BCUT2D eigenvalue weighted by Gasteiger charge is -2.30. The summed E-state index contributed by atoms with van der Waals surface area (Å²) in [5.41, 5.74) is -0.193. The zero-order chi connectivity index (χ0) is 38.5. The molecule has 3 amide bonds. The van der Waals surface area contributed by atoms with Crippen molar-refractivity contribution >= 4 is 41.4 Å². The number of rotatable bonds is 16. The van der Waals surface area contributed by atoms with Crippen LogP contribution >= 0.6 is 0 Å². The van der Waals surface area contributed by atoms with Crippen LogP contribution in [0.3, 0.4) is 0 Å². The number of nitro groups is 1. The number of hydrogen-bond acceptors (Lipinski definition) is 11. The molecule has 15 nitrogen and oxygen atoms in total. The van der Waals surface area contributed by atoms with E-state index in [0.717, 1.165) is 0 Å². The number of anilines is 1. The van der Waals surface area contributed by atoms with E-state index in [2.05, 4.69) is 16.0 Å². The largest absolute Gasteiger partial charge is 0.513 e. The molecule has 2 aromatic carbocycles. The average molecular weight is 715 g/mol. The van der Waals surface area contributed by atoms with E-state index in [4.69, 9.17) is 18.9 Å². The fourth-order valence-corrected chi connectivity index (χ4v) is 4.38. The van der Waals surface area contributed by atoms with Crippen LogP contribution in [0.2, 0.25) is 0 Å². The Balaban J connectivity index is 1.76. The summed E-state index contributed by atoms with van der Waals surface area (Å²) in [6, 6.07) is 9.91. The van der Waals surface area contributed by atoms with Gasteiger partial charge in [-0.1, -0.05) is 46.8 Å². The Morgan fingerprint density at radius 1 is 0.824 bits per heavy atom. The summed E-state index contributed by atoms with van der Waals surface area (Å²) < 4.78 is 21.0. The topological polar surface area (TPSA) is 201 Å². The van der Waals surface area contributed by atoms with Crippen LogP contribution in [0.15, 0.2) is 48.5 Å². The van der Waals surface area contributed by atoms with E-state index in [0.29, 0.717) is 17.7 Å². The van der Waals surface area contributed by atoms with Crippen molar-refractivity contribution in [1.82, 2.24) is 10.6 Å². The third-order valence-corrected chi connectivity index (χ3v) is 7.92. The molecule has 280 valence electrons. The van der Waals surface area contributed by atoms with Gasteiger partial charge in [0.05, 0.1) is 4.92 Å². The molecule has 3 atom stereocenters. The van der Waals surface area contributed by atoms with Crippen LogP contribution in [0.25, 0.3) is 0 Å². The van der Waals surface area contributed by atoms with Crippen LogP contribution < -0.4 is 20.7 Å². The SMILES string of the molecule is CC(C)[C@H](NC(=O)OC(C)(C)C)C(=O)N[C@@H](C)C(=O)Nc1ccc(COC(=O)CCC(C)C(C)(C)COC(=O)Oc2ccc([N+](=O)[O-])cc2)cc1. The van der Waals surface area contributed by atoms with Gasteiger partial charge in [0.2, 0.25) is 11.8 Å². The highest BCUT2D eigenvalue weighted by molar-refractivity contribution is 5.98. The van der Waals surface area contributed by atoms with E-state index in [9.17, 15) is 34.1 Å². The monoisotopic (exact) mass is 714 g/mol. The van der Waals surface area contributed by atoms with E-state index in [1.165, 1.54) is 31.2 Å². The minimum Gasteiger partial charge on any atom is -0.461 e. The Morgan fingerprint density at radius 2 is 1.43 bits per heavy atom. The predicted octanol–water partition coefficient (Wildman–Crippen LogP) is 6.29. The average Bonchev–Trinajstić information content (AvgIpc) is 3.04. The fourth-order valence-electron chi connectivity index (χ4n) is 4.38. The molecule has 0 radical (unpaired) electrons. The van der Waals surface area contributed by atoms with E-state index >= 15 is 0 Å². The summed E-state index contributed by atoms with van der Waals surface area (Å²) in [6.07, 6.45) is -1.06. The van der Waals surface area contributed by atoms with Gasteiger partial charge in [-0.2, -0.15) is 0 Å². The van der Waals surface area contributed by atoms with Crippen LogP contribution in [0.4, 0.5) is 21.0 Å². The van der Waals surface area contributed by atoms with Gasteiger partial charge in [-0.15, -0.1) is 0 Å². The Kier molecular flexibility index (Phi) is 15.4. The van der Waals surface area contributed by atoms with Gasteiger partial charge >= 0.3 is 18.2 Å². The second kappa shape index (κ2) is 18.7. The van der Waals surface area contributed by atoms with Gasteiger partial charge in [0.1, 0.15) is 36.6 Å². The maximum atomic E-state index is 12.9. The lowest BCUT2D eigenvalue weighted by molar-refractivity contribution is -0.384. The number of carbonyl (C=O) groups excluding carboxylic acids is 5. The van der Waals surface area contributed by atoms with Crippen molar-refractivity contribution in [2.24, 2.45) is 17.3 Å². The molecule has 0 bridgehead atoms. The van der Waals surface area contributed by atoms with Crippen LogP contribution in [0.1, 0.15) is 80.7 Å². The molecule has 2 rings (SSSR count). The number of nitro benzene ring substituents is 1. The van der Waals surface area contributed by atoms with Gasteiger partial charge < -0.3 is 34.9 Å². The number of amides is 3. The number of alkyl carbamates (subject to hydrolysis) is 1. The van der Waals surface area contributed by atoms with E-state index in [1.807, 2.05) is 20.8 Å². The van der Waals surface area contributed by atoms with Crippen LogP contribution in [0, 0.1) is 27.4 Å². The molecule has 0 aliphatic heterocycles. The normalized spacial score (nSPS) is 13.2. The van der Waals surface area contributed by atoms with Gasteiger partial charge in [-0.3, -0.25) is 24.5 Å². The number of non-ortho nitro benzene ring substituents is 1. The smallest absolute Gasteiger partial charge is 0.461 e. The van der Waals surface area contributed by atoms with E-state index in [1.54, 1.807) is 58.9 Å². The number of benzene rings is 2. The molecule has 0 spiro atoms. The lowest BCUT2D eigenvalue weighted by Crippen LogP contribution is -2.54. The van der Waals surface area contributed by atoms with E-state index < -0.39 is 58.1 Å². The molecular formula is C36H50N4O11. The van der Waals surface area contributed by atoms with Crippen molar-refractivity contribution in [1.29, 1.82) is 0 Å². The van der Waals surface area contributed by atoms with E-state index in [-0.39, 0.29) is 42.9 Å². The van der Waals surface area contributed by atoms with Gasteiger partial charge in [0.15, 0.2) is 0 Å². The number of nitrogens with zero attached hydrogens (tertiary/aromatic N) is 1. The Labute approximate surface area is 298 Å². The summed E-state index contributed by atoms with van der Waals surface area (Å²) in [4.78, 5) is 72.6. The predicted molar refractivity (Wildman–Crippen MR) is 188 cm³/mol. The van der Waals surface area contributed by atoms with Crippen molar-refractivity contribution in [2.45, 2.75) is 99.4 Å². The molecular weight excluding hydrogens is 664 g/mol. The maximum absolute atomic E-state index is 12.9. The zero-order valence-corrected chi connectivity index (χ0v) is 30.7. The first-order chi connectivity index (χ1) is 23.7. The molecule has 0 heterocycles. The van der Waals surface area contributed by atoms with Crippen LogP contribution in [-0.4, -0.2) is 59.2 Å². The fraction of sp³-hybridized carbons (Fsp3) is 0.528. The molecule has 0 aliphatic carbocycles. The molecule has 0 saturated heterocycles. The zero-order valence-electron chi connectivity index (χ0n) is 30.7. The van der Waals surface area contributed by atoms with Crippen LogP contribution in [0.5, 0.6) is 5.75 Å². The molecule has 51 heavy (non-hydrogen) atoms. The number of hydrogen-bond donors (Lipinski definition) is 3. The summed E-state index contributed by atoms with van der Waals surface area (Å²) in [5.74, 6) is -1.58. The number of carbonyl (C=O) groups is 5. The van der Waals surface area contributed by atoms with Gasteiger partial charge in [0.25, 0.3) is 5.69 Å². The summed E-state index contributed by atoms with van der Waals surface area (Å²) >= 11 is 0. The first-order valence-corrected chi connectivity index (χ1v) is 16.6. The van der Waals surface area contributed by atoms with Gasteiger partial charge in [-0.05, 0) is 75.8 Å². The third-order valence-electron chi connectivity index (χ3n) is 7.92. The van der Waals surface area contributed by atoms with Gasteiger partial charge in [-0.25, -0.2) is 9.59 Å². The number of esters is 1. The minimum absolute atomic E-state index is 0.0207. The molecule has 0 aliphatic rings. The third kappa shape index (κ3) is 15.1. The first kappa shape index (κ1) is 42.0. The van der Waals surface area contributed by atoms with Crippen molar-refractivity contribution in [3.05, 3.63) is 64.2 Å². The highest BCUT2D eigenvalue weighted by Crippen LogP contribution is 2.31. The van der Waals surface area contributed by atoms with Crippen molar-refractivity contribution in [2.75, 3.05) is 11.9 Å². The number of nitrogens with one attached hydrogen (secondary N) is 3. The lowest BCUT2D eigenvalue weighted by atomic mass is 9.78. The molecule has 1 unspecified atom stereocenters. The highest BCUT2D eigenvalue weighted by Gasteiger charge is 2.30. The van der Waals surface area contributed by atoms with Gasteiger partial charge in [0, 0.05) is 29.7 Å². The first-order valence-electron chi connectivity index (χ1n) is 16.6. The maximum Gasteiger partial charge on any atom is 0.513 e. The van der Waals surface area contributed by atoms with Crippen molar-refractivity contribution < 1.29 is 47.8 Å². The van der Waals surface area contributed by atoms with Crippen molar-refractivity contribution in [3.63, 3.8) is 0 Å². The number of ether oxygens (including phenoxy) is 4. The Hall–Kier alpha value is -5.21. The molecule has 3 N–H and O–H groups in total. The second-order valence-electron chi connectivity index (χ2n) is 14.3. The van der Waals surface area contributed by atoms with Crippen LogP contribution in [-0.2, 0) is 35.2 Å². The summed E-state index contributed by atoms with van der Waals surface area (Å²) in [5, 5.41) is 18.7. The molecule has 2 aromatic rings. The quantitative estimate of drug-likeness (QED) is 0.0580. The highest BCUT2D eigenvalue weighted by atomic mass is 16.7. The summed E-state index contributed by atoms with van der Waals surface area (Å²) in [6.45, 7) is 16.0. The molecule has 0 fully saturated rings. The Bertz CT molecular complexity index is 1520. The molecule has 15 heteroatoms. The second-order valence-corrected chi connectivity index (χ2v) is 14.3. The standard InChI is InChI=1S/C36H50N4O11/c1-22(2)30(39-33(44)51-35(5,6)7)32(43)37-24(4)31(42)38-26-13-11-25(12-14-26)20-48-29(41)19-10-23(3)36(8,9)21-49-34(45)50-28-17-15-27(16-18-28)40(46)47/h11-18,22-24,30H,10,19-21H2,1-9H3,(H,37,43)(H,38,42)(H,39,44)/t23?,24-,30-/m0/s1. The Morgan fingerprint density at radius 3 is 1.98 bits per heavy atom. The van der Waals surface area contributed by atoms with Crippen molar-refractivity contribution in [3.8, 4) is 5.75 Å². The molecule has 0 aromatic heterocycles. The minimum atomic E-state index is -0.945. The summed E-state index contributed by atoms with van der Waals surface area (Å²) in [7, 11) is 0. The molecule has 0 saturated carbocycles.